The summed E-state index contributed by atoms with van der Waals surface area (Å²) in [7, 11) is 3.44. The molecule has 0 spiro atoms. The lowest BCUT2D eigenvalue weighted by Crippen LogP contribution is -2.48. The molecule has 0 aliphatic rings. The van der Waals surface area contributed by atoms with Gasteiger partial charge in [0.2, 0.25) is 0 Å². The fourth-order valence-electron chi connectivity index (χ4n) is 2.17. The summed E-state index contributed by atoms with van der Waals surface area (Å²) in [5.41, 5.74) is 0.350. The van der Waals surface area contributed by atoms with Crippen molar-refractivity contribution in [3.8, 4) is 11.5 Å². The molecule has 0 radical (unpaired) electrons. The van der Waals surface area contributed by atoms with Gasteiger partial charge in [-0.25, -0.2) is 0 Å². The van der Waals surface area contributed by atoms with E-state index in [2.05, 4.69) is 5.32 Å². The minimum Gasteiger partial charge on any atom is -0.497 e. The average molecular weight is 287 g/mol. The molecular weight excluding hydrogens is 266 g/mol. The number of likely N-dealkylation sites (N-methyl/N-ethyl adjacent to an activating group) is 1. The van der Waals surface area contributed by atoms with Crippen LogP contribution in [-0.2, 0) is 5.54 Å². The second kappa shape index (κ2) is 7.11. The first-order valence-corrected chi connectivity index (χ1v) is 6.86. The van der Waals surface area contributed by atoms with Crippen LogP contribution in [0, 0.1) is 0 Å². The third-order valence-corrected chi connectivity index (χ3v) is 3.60. The Bertz CT molecular complexity index is 553. The molecule has 0 bridgehead atoms. The van der Waals surface area contributed by atoms with Crippen molar-refractivity contribution >= 4 is 0 Å². The lowest BCUT2D eigenvalue weighted by atomic mass is 9.92. The van der Waals surface area contributed by atoms with Crippen LogP contribution < -0.4 is 14.8 Å². The molecule has 2 aromatic rings. The Balaban J connectivity index is 2.17. The van der Waals surface area contributed by atoms with Crippen LogP contribution in [0.2, 0.25) is 0 Å². The summed E-state index contributed by atoms with van der Waals surface area (Å²) in [6, 6.07) is 17.2. The van der Waals surface area contributed by atoms with E-state index in [9.17, 15) is 5.11 Å². The molecule has 112 valence electrons. The number of aliphatic hydroxyl groups is 1. The van der Waals surface area contributed by atoms with Crippen molar-refractivity contribution in [1.29, 1.82) is 0 Å². The molecule has 2 rings (SSSR count). The van der Waals surface area contributed by atoms with Gasteiger partial charge in [-0.15, -0.1) is 0 Å². The van der Waals surface area contributed by atoms with Gasteiger partial charge in [0.25, 0.3) is 0 Å². The van der Waals surface area contributed by atoms with Crippen molar-refractivity contribution in [3.63, 3.8) is 0 Å². The van der Waals surface area contributed by atoms with E-state index in [1.165, 1.54) is 0 Å². The normalized spacial score (nSPS) is 13.5. The molecule has 0 amide bonds. The van der Waals surface area contributed by atoms with Crippen molar-refractivity contribution in [2.24, 2.45) is 0 Å². The summed E-state index contributed by atoms with van der Waals surface area (Å²) in [6.45, 7) is 0.259. The van der Waals surface area contributed by atoms with Gasteiger partial charge in [0.05, 0.1) is 13.7 Å². The Morgan fingerprint density at radius 1 is 1.05 bits per heavy atom. The molecule has 4 heteroatoms. The third-order valence-electron chi connectivity index (χ3n) is 3.60. The van der Waals surface area contributed by atoms with E-state index in [4.69, 9.17) is 9.47 Å². The first-order valence-electron chi connectivity index (χ1n) is 6.86. The van der Waals surface area contributed by atoms with Crippen LogP contribution in [0.15, 0.2) is 54.6 Å². The van der Waals surface area contributed by atoms with Crippen LogP contribution in [0.3, 0.4) is 0 Å². The molecule has 0 aromatic heterocycles. The summed E-state index contributed by atoms with van der Waals surface area (Å²) in [5.74, 6) is 1.45. The maximum atomic E-state index is 9.84. The van der Waals surface area contributed by atoms with E-state index in [1.54, 1.807) is 7.11 Å². The molecule has 0 saturated heterocycles. The minimum absolute atomic E-state index is 0.0581. The Kier molecular flexibility index (Phi) is 5.20. The van der Waals surface area contributed by atoms with E-state index >= 15 is 0 Å². The minimum atomic E-state index is -0.635. The molecule has 0 saturated carbocycles. The van der Waals surface area contributed by atoms with Crippen molar-refractivity contribution < 1.29 is 14.6 Å². The van der Waals surface area contributed by atoms with E-state index < -0.39 is 5.54 Å². The van der Waals surface area contributed by atoms with Crippen LogP contribution in [0.25, 0.3) is 0 Å². The fraction of sp³-hybridized carbons (Fsp3) is 0.294. The van der Waals surface area contributed by atoms with Crippen molar-refractivity contribution in [2.45, 2.75) is 5.54 Å². The molecule has 0 heterocycles. The molecular formula is C17H21NO3. The monoisotopic (exact) mass is 287 g/mol. The van der Waals surface area contributed by atoms with Gasteiger partial charge in [0, 0.05) is 6.07 Å². The zero-order valence-electron chi connectivity index (χ0n) is 12.4. The van der Waals surface area contributed by atoms with Gasteiger partial charge < -0.3 is 19.9 Å². The highest BCUT2D eigenvalue weighted by Crippen LogP contribution is 2.24. The Hall–Kier alpha value is -2.04. The van der Waals surface area contributed by atoms with Gasteiger partial charge in [-0.1, -0.05) is 36.4 Å². The van der Waals surface area contributed by atoms with Gasteiger partial charge in [-0.3, -0.25) is 0 Å². The van der Waals surface area contributed by atoms with Crippen LogP contribution >= 0.6 is 0 Å². The lowest BCUT2D eigenvalue weighted by molar-refractivity contribution is 0.108. The number of nitrogens with one attached hydrogen (secondary N) is 1. The summed E-state index contributed by atoms with van der Waals surface area (Å²) < 4.78 is 11.0. The number of methoxy groups -OCH3 is 1. The number of benzene rings is 2. The van der Waals surface area contributed by atoms with Crippen LogP contribution in [0.4, 0.5) is 0 Å². The maximum Gasteiger partial charge on any atom is 0.123 e. The number of ether oxygens (including phenoxy) is 2. The first kappa shape index (κ1) is 15.4. The van der Waals surface area contributed by atoms with Crippen molar-refractivity contribution in [2.75, 3.05) is 27.4 Å². The smallest absolute Gasteiger partial charge is 0.123 e. The number of rotatable bonds is 7. The molecule has 2 N–H and O–H groups in total. The highest BCUT2D eigenvalue weighted by atomic mass is 16.5. The van der Waals surface area contributed by atoms with Gasteiger partial charge in [0.1, 0.15) is 23.6 Å². The van der Waals surface area contributed by atoms with Gasteiger partial charge in [-0.05, 0) is 24.7 Å². The van der Waals surface area contributed by atoms with E-state index in [1.807, 2.05) is 61.6 Å². The van der Waals surface area contributed by atoms with Crippen molar-refractivity contribution in [3.05, 3.63) is 60.2 Å². The quantitative estimate of drug-likeness (QED) is 0.819. The lowest BCUT2D eigenvalue weighted by Gasteiger charge is -2.32. The Morgan fingerprint density at radius 2 is 1.76 bits per heavy atom. The van der Waals surface area contributed by atoms with Gasteiger partial charge in [0.15, 0.2) is 0 Å². The molecule has 4 nitrogen and oxygen atoms in total. The second-order valence-electron chi connectivity index (χ2n) is 4.82. The molecule has 21 heavy (non-hydrogen) atoms. The van der Waals surface area contributed by atoms with E-state index in [0.717, 1.165) is 11.3 Å². The molecule has 0 aliphatic heterocycles. The average Bonchev–Trinajstić information content (AvgIpc) is 2.57. The largest absolute Gasteiger partial charge is 0.497 e. The molecule has 1 unspecified atom stereocenters. The maximum absolute atomic E-state index is 9.84. The predicted octanol–water partition coefficient (Wildman–Crippen LogP) is 2.18. The SMILES string of the molecule is CNC(CO)(COc1cccc(OC)c1)c1ccccc1. The summed E-state index contributed by atoms with van der Waals surface area (Å²) >= 11 is 0. The second-order valence-corrected chi connectivity index (χ2v) is 4.82. The Labute approximate surface area is 125 Å². The standard InChI is InChI=1S/C17H21NO3/c1-18-17(12-19,14-7-4-3-5-8-14)13-21-16-10-6-9-15(11-16)20-2/h3-11,18-19H,12-13H2,1-2H3. The number of aliphatic hydroxyl groups excluding tert-OH is 1. The fourth-order valence-corrected chi connectivity index (χ4v) is 2.17. The zero-order valence-corrected chi connectivity index (χ0v) is 12.4. The van der Waals surface area contributed by atoms with Gasteiger partial charge in [-0.2, -0.15) is 0 Å². The Morgan fingerprint density at radius 3 is 2.38 bits per heavy atom. The predicted molar refractivity (Wildman–Crippen MR) is 82.8 cm³/mol. The third kappa shape index (κ3) is 3.54. The van der Waals surface area contributed by atoms with Crippen molar-refractivity contribution in [1.82, 2.24) is 5.32 Å². The molecule has 0 fully saturated rings. The highest BCUT2D eigenvalue weighted by molar-refractivity contribution is 5.33. The van der Waals surface area contributed by atoms with Crippen LogP contribution in [-0.4, -0.2) is 32.5 Å². The molecule has 1 atom stereocenters. The zero-order chi connectivity index (χ0) is 15.1. The summed E-state index contributed by atoms with van der Waals surface area (Å²) in [5, 5.41) is 13.0. The molecule has 0 aliphatic carbocycles. The number of hydrogen-bond acceptors (Lipinski definition) is 4. The molecule has 2 aromatic carbocycles. The van der Waals surface area contributed by atoms with E-state index in [-0.39, 0.29) is 6.61 Å². The topological polar surface area (TPSA) is 50.7 Å². The highest BCUT2D eigenvalue weighted by Gasteiger charge is 2.30. The van der Waals surface area contributed by atoms with E-state index in [0.29, 0.717) is 12.4 Å². The summed E-state index contributed by atoms with van der Waals surface area (Å²) in [6.07, 6.45) is 0. The summed E-state index contributed by atoms with van der Waals surface area (Å²) in [4.78, 5) is 0. The van der Waals surface area contributed by atoms with Crippen LogP contribution in [0.5, 0.6) is 11.5 Å². The number of hydrogen-bond donors (Lipinski definition) is 2. The first-order chi connectivity index (χ1) is 10.2. The van der Waals surface area contributed by atoms with Gasteiger partial charge >= 0.3 is 0 Å². The van der Waals surface area contributed by atoms with Crippen LogP contribution in [0.1, 0.15) is 5.56 Å².